The van der Waals surface area contributed by atoms with E-state index in [1.54, 1.807) is 0 Å². The van der Waals surface area contributed by atoms with E-state index < -0.39 is 0 Å². The second-order valence-corrected chi connectivity index (χ2v) is 5.69. The molecule has 0 N–H and O–H groups in total. The number of fused-ring (bicyclic) bond motifs is 1. The number of nitrogens with zero attached hydrogens (tertiary/aromatic N) is 4. The molecule has 0 bridgehead atoms. The Kier molecular flexibility index (Phi) is 3.35. The van der Waals surface area contributed by atoms with Gasteiger partial charge in [-0.15, -0.1) is 10.2 Å². The number of piperidine rings is 1. The third-order valence-electron chi connectivity index (χ3n) is 3.71. The minimum absolute atomic E-state index is 0.410. The van der Waals surface area contributed by atoms with Crippen LogP contribution in [0.5, 0.6) is 0 Å². The molecule has 1 saturated heterocycles. The first-order valence-electron chi connectivity index (χ1n) is 6.54. The molecular weight excluding hydrogens is 292 g/mol. The molecule has 96 valence electrons. The maximum absolute atomic E-state index is 4.41. The van der Waals surface area contributed by atoms with E-state index in [0.29, 0.717) is 6.04 Å². The van der Waals surface area contributed by atoms with Crippen LogP contribution in [0.4, 0.5) is 0 Å². The van der Waals surface area contributed by atoms with Crippen LogP contribution in [0.2, 0.25) is 0 Å². The van der Waals surface area contributed by atoms with Crippen molar-refractivity contribution in [1.82, 2.24) is 19.5 Å². The molecule has 0 amide bonds. The summed E-state index contributed by atoms with van der Waals surface area (Å²) >= 11 is 3.52. The van der Waals surface area contributed by atoms with Gasteiger partial charge in [0, 0.05) is 10.7 Å². The van der Waals surface area contributed by atoms with Crippen LogP contribution in [-0.2, 0) is 0 Å². The highest BCUT2D eigenvalue weighted by Crippen LogP contribution is 2.30. The molecule has 2 aromatic rings. The van der Waals surface area contributed by atoms with E-state index in [9.17, 15) is 0 Å². The Morgan fingerprint density at radius 2 is 2.22 bits per heavy atom. The third kappa shape index (κ3) is 2.06. The van der Waals surface area contributed by atoms with Crippen molar-refractivity contribution >= 4 is 21.6 Å². The zero-order valence-corrected chi connectivity index (χ0v) is 12.1. The average molecular weight is 309 g/mol. The average Bonchev–Trinajstić information content (AvgIpc) is 2.81. The second-order valence-electron chi connectivity index (χ2n) is 4.77. The molecule has 1 aliphatic heterocycles. The first kappa shape index (κ1) is 12.1. The molecule has 1 fully saturated rings. The molecule has 0 spiro atoms. The SMILES string of the molecule is CCN1CCCCC1c1nnc2ccc(Br)cn12. The topological polar surface area (TPSA) is 33.4 Å². The summed E-state index contributed by atoms with van der Waals surface area (Å²) in [5, 5.41) is 8.68. The summed E-state index contributed by atoms with van der Waals surface area (Å²) in [4.78, 5) is 2.50. The lowest BCUT2D eigenvalue weighted by Gasteiger charge is -2.33. The Morgan fingerprint density at radius 1 is 1.33 bits per heavy atom. The van der Waals surface area contributed by atoms with Crippen molar-refractivity contribution in [3.8, 4) is 0 Å². The number of likely N-dealkylation sites (tertiary alicyclic amines) is 1. The maximum Gasteiger partial charge on any atom is 0.160 e. The van der Waals surface area contributed by atoms with Crippen molar-refractivity contribution in [2.45, 2.75) is 32.2 Å². The zero-order chi connectivity index (χ0) is 12.5. The lowest BCUT2D eigenvalue weighted by molar-refractivity contribution is 0.149. The van der Waals surface area contributed by atoms with Gasteiger partial charge >= 0.3 is 0 Å². The molecule has 0 aromatic carbocycles. The Hall–Kier alpha value is -0.940. The van der Waals surface area contributed by atoms with Crippen molar-refractivity contribution in [2.24, 2.45) is 0 Å². The summed E-state index contributed by atoms with van der Waals surface area (Å²) in [6.45, 7) is 4.47. The fraction of sp³-hybridized carbons (Fsp3) is 0.538. The van der Waals surface area contributed by atoms with Crippen LogP contribution >= 0.6 is 15.9 Å². The largest absolute Gasteiger partial charge is 0.294 e. The first-order valence-corrected chi connectivity index (χ1v) is 7.33. The molecule has 2 aromatic heterocycles. The summed E-state index contributed by atoms with van der Waals surface area (Å²) < 4.78 is 3.18. The van der Waals surface area contributed by atoms with Crippen LogP contribution in [0.25, 0.3) is 5.65 Å². The van der Waals surface area contributed by atoms with Crippen LogP contribution in [0.15, 0.2) is 22.8 Å². The monoisotopic (exact) mass is 308 g/mol. The lowest BCUT2D eigenvalue weighted by atomic mass is 10.0. The summed E-state index contributed by atoms with van der Waals surface area (Å²) in [5.74, 6) is 1.08. The van der Waals surface area contributed by atoms with Gasteiger partial charge in [-0.1, -0.05) is 13.3 Å². The molecule has 0 saturated carbocycles. The van der Waals surface area contributed by atoms with E-state index in [0.717, 1.165) is 22.5 Å². The quantitative estimate of drug-likeness (QED) is 0.855. The predicted molar refractivity (Wildman–Crippen MR) is 74.5 cm³/mol. The zero-order valence-electron chi connectivity index (χ0n) is 10.5. The van der Waals surface area contributed by atoms with Gasteiger partial charge < -0.3 is 0 Å². The number of pyridine rings is 1. The number of hydrogen-bond donors (Lipinski definition) is 0. The van der Waals surface area contributed by atoms with E-state index in [4.69, 9.17) is 0 Å². The first-order chi connectivity index (χ1) is 8.79. The highest BCUT2D eigenvalue weighted by atomic mass is 79.9. The molecular formula is C13H17BrN4. The Balaban J connectivity index is 2.04. The summed E-state index contributed by atoms with van der Waals surface area (Å²) in [6.07, 6.45) is 5.82. The van der Waals surface area contributed by atoms with Gasteiger partial charge in [-0.25, -0.2) is 0 Å². The van der Waals surface area contributed by atoms with E-state index in [-0.39, 0.29) is 0 Å². The van der Waals surface area contributed by atoms with Crippen LogP contribution in [0.3, 0.4) is 0 Å². The number of halogens is 1. The normalized spacial score (nSPS) is 21.6. The van der Waals surface area contributed by atoms with Crippen molar-refractivity contribution in [3.05, 3.63) is 28.6 Å². The molecule has 1 atom stereocenters. The molecule has 3 rings (SSSR count). The molecule has 3 heterocycles. The molecule has 1 unspecified atom stereocenters. The molecule has 5 heteroatoms. The van der Waals surface area contributed by atoms with Gasteiger partial charge in [0.15, 0.2) is 11.5 Å². The van der Waals surface area contributed by atoms with Gasteiger partial charge in [-0.2, -0.15) is 0 Å². The van der Waals surface area contributed by atoms with Gasteiger partial charge in [0.25, 0.3) is 0 Å². The minimum atomic E-state index is 0.410. The van der Waals surface area contributed by atoms with Crippen molar-refractivity contribution < 1.29 is 0 Å². The second kappa shape index (κ2) is 4.97. The summed E-state index contributed by atoms with van der Waals surface area (Å²) in [6, 6.07) is 4.42. The number of aromatic nitrogens is 3. The molecule has 18 heavy (non-hydrogen) atoms. The predicted octanol–water partition coefficient (Wildman–Crippen LogP) is 3.04. The van der Waals surface area contributed by atoms with E-state index in [2.05, 4.69) is 48.5 Å². The van der Waals surface area contributed by atoms with Gasteiger partial charge in [0.1, 0.15) is 0 Å². The molecule has 0 radical (unpaired) electrons. The third-order valence-corrected chi connectivity index (χ3v) is 4.18. The van der Waals surface area contributed by atoms with Crippen molar-refractivity contribution in [1.29, 1.82) is 0 Å². The van der Waals surface area contributed by atoms with E-state index in [1.165, 1.54) is 25.8 Å². The smallest absolute Gasteiger partial charge is 0.160 e. The van der Waals surface area contributed by atoms with Crippen LogP contribution in [0, 0.1) is 0 Å². The summed E-state index contributed by atoms with van der Waals surface area (Å²) in [7, 11) is 0. The Bertz CT molecular complexity index is 551. The van der Waals surface area contributed by atoms with E-state index in [1.807, 2.05) is 12.1 Å². The van der Waals surface area contributed by atoms with Gasteiger partial charge in [0.2, 0.25) is 0 Å². The van der Waals surface area contributed by atoms with Crippen molar-refractivity contribution in [2.75, 3.05) is 13.1 Å². The minimum Gasteiger partial charge on any atom is -0.294 e. The fourth-order valence-corrected chi connectivity index (χ4v) is 3.11. The van der Waals surface area contributed by atoms with Crippen LogP contribution < -0.4 is 0 Å². The fourth-order valence-electron chi connectivity index (χ4n) is 2.77. The molecule has 0 aliphatic carbocycles. The number of rotatable bonds is 2. The Labute approximate surface area is 115 Å². The van der Waals surface area contributed by atoms with Gasteiger partial charge in [-0.3, -0.25) is 9.30 Å². The van der Waals surface area contributed by atoms with E-state index >= 15 is 0 Å². The number of hydrogen-bond acceptors (Lipinski definition) is 3. The van der Waals surface area contributed by atoms with Crippen molar-refractivity contribution in [3.63, 3.8) is 0 Å². The van der Waals surface area contributed by atoms with Gasteiger partial charge in [-0.05, 0) is 54.0 Å². The highest BCUT2D eigenvalue weighted by molar-refractivity contribution is 9.10. The van der Waals surface area contributed by atoms with Crippen LogP contribution in [-0.4, -0.2) is 32.6 Å². The van der Waals surface area contributed by atoms with Crippen LogP contribution in [0.1, 0.15) is 38.1 Å². The molecule has 1 aliphatic rings. The standard InChI is InChI=1S/C13H17BrN4/c1-2-17-8-4-3-5-11(17)13-16-15-12-7-6-10(14)9-18(12)13/h6-7,9,11H,2-5,8H2,1H3. The summed E-state index contributed by atoms with van der Waals surface area (Å²) in [5.41, 5.74) is 0.926. The van der Waals surface area contributed by atoms with Gasteiger partial charge in [0.05, 0.1) is 6.04 Å². The Morgan fingerprint density at radius 3 is 3.06 bits per heavy atom. The highest BCUT2D eigenvalue weighted by Gasteiger charge is 2.26. The maximum atomic E-state index is 4.41. The lowest BCUT2D eigenvalue weighted by Crippen LogP contribution is -2.34. The molecule has 4 nitrogen and oxygen atoms in total.